The van der Waals surface area contributed by atoms with Gasteiger partial charge in [0.05, 0.1) is 6.42 Å². The Kier molecular flexibility index (Phi) is 7.03. The van der Waals surface area contributed by atoms with E-state index in [9.17, 15) is 9.59 Å². The van der Waals surface area contributed by atoms with Gasteiger partial charge in [0.1, 0.15) is 5.82 Å². The number of carbonyl (C=O) groups is 2. The standard InChI is InChI=1S/C18H22N4O3/c1-2-3-11-22(17(23)12-16-19-9-4-10-20-16)13-14-5-7-15(8-6-14)18(24)21-25/h4-10,25H,2-3,11-13H2,1H3,(H,21,24). The van der Waals surface area contributed by atoms with Crippen LogP contribution in [0.1, 0.15) is 41.5 Å². The van der Waals surface area contributed by atoms with Crippen LogP contribution < -0.4 is 5.48 Å². The van der Waals surface area contributed by atoms with E-state index in [0.717, 1.165) is 18.4 Å². The second kappa shape index (κ2) is 9.48. The van der Waals surface area contributed by atoms with Gasteiger partial charge in [-0.25, -0.2) is 15.4 Å². The van der Waals surface area contributed by atoms with Crippen molar-refractivity contribution in [2.45, 2.75) is 32.7 Å². The number of nitrogens with zero attached hydrogens (tertiary/aromatic N) is 3. The van der Waals surface area contributed by atoms with E-state index in [1.807, 2.05) is 0 Å². The molecular formula is C18H22N4O3. The maximum atomic E-state index is 12.6. The maximum Gasteiger partial charge on any atom is 0.274 e. The van der Waals surface area contributed by atoms with Crippen molar-refractivity contribution in [2.75, 3.05) is 6.54 Å². The van der Waals surface area contributed by atoms with Gasteiger partial charge < -0.3 is 4.90 Å². The molecule has 2 aromatic rings. The molecule has 0 aliphatic rings. The summed E-state index contributed by atoms with van der Waals surface area (Å²) >= 11 is 0. The Morgan fingerprint density at radius 3 is 2.44 bits per heavy atom. The van der Waals surface area contributed by atoms with Crippen molar-refractivity contribution >= 4 is 11.8 Å². The first-order chi connectivity index (χ1) is 12.1. The number of benzene rings is 1. The first kappa shape index (κ1) is 18.5. The van der Waals surface area contributed by atoms with E-state index in [0.29, 0.717) is 24.5 Å². The molecule has 2 N–H and O–H groups in total. The van der Waals surface area contributed by atoms with Gasteiger partial charge in [-0.05, 0) is 30.2 Å². The number of carbonyl (C=O) groups excluding carboxylic acids is 2. The third-order valence-corrected chi connectivity index (χ3v) is 3.75. The van der Waals surface area contributed by atoms with E-state index in [1.165, 1.54) is 0 Å². The summed E-state index contributed by atoms with van der Waals surface area (Å²) in [7, 11) is 0. The summed E-state index contributed by atoms with van der Waals surface area (Å²) < 4.78 is 0. The van der Waals surface area contributed by atoms with Gasteiger partial charge in [0.15, 0.2) is 0 Å². The van der Waals surface area contributed by atoms with Crippen molar-refractivity contribution in [3.63, 3.8) is 0 Å². The van der Waals surface area contributed by atoms with Crippen molar-refractivity contribution < 1.29 is 14.8 Å². The number of hydrogen-bond acceptors (Lipinski definition) is 5. The van der Waals surface area contributed by atoms with Gasteiger partial charge in [-0.1, -0.05) is 25.5 Å². The maximum absolute atomic E-state index is 12.6. The average molecular weight is 342 g/mol. The molecule has 1 aromatic carbocycles. The predicted octanol–water partition coefficient (Wildman–Crippen LogP) is 1.97. The molecule has 0 spiro atoms. The van der Waals surface area contributed by atoms with Crippen LogP contribution in [0.15, 0.2) is 42.7 Å². The Bertz CT molecular complexity index is 689. The van der Waals surface area contributed by atoms with Crippen LogP contribution >= 0.6 is 0 Å². The van der Waals surface area contributed by atoms with Crippen LogP contribution in [0.3, 0.4) is 0 Å². The van der Waals surface area contributed by atoms with E-state index < -0.39 is 5.91 Å². The normalized spacial score (nSPS) is 10.3. The van der Waals surface area contributed by atoms with Gasteiger partial charge in [-0.15, -0.1) is 0 Å². The Morgan fingerprint density at radius 1 is 1.16 bits per heavy atom. The lowest BCUT2D eigenvalue weighted by molar-refractivity contribution is -0.131. The molecule has 0 aliphatic carbocycles. The molecule has 0 unspecified atom stereocenters. The zero-order chi connectivity index (χ0) is 18.1. The number of unbranched alkanes of at least 4 members (excludes halogenated alkanes) is 1. The Balaban J connectivity index is 2.06. The number of nitrogens with one attached hydrogen (secondary N) is 1. The van der Waals surface area contributed by atoms with Crippen molar-refractivity contribution in [1.82, 2.24) is 20.3 Å². The fourth-order valence-electron chi connectivity index (χ4n) is 2.36. The van der Waals surface area contributed by atoms with Crippen molar-refractivity contribution in [3.8, 4) is 0 Å². The highest BCUT2D eigenvalue weighted by molar-refractivity contribution is 5.93. The first-order valence-corrected chi connectivity index (χ1v) is 8.21. The minimum absolute atomic E-state index is 0.0307. The number of hydrogen-bond donors (Lipinski definition) is 2. The third kappa shape index (κ3) is 5.65. The van der Waals surface area contributed by atoms with Crippen LogP contribution in [-0.2, 0) is 17.8 Å². The second-order valence-electron chi connectivity index (χ2n) is 5.65. The lowest BCUT2D eigenvalue weighted by Gasteiger charge is -2.22. The van der Waals surface area contributed by atoms with E-state index in [-0.39, 0.29) is 12.3 Å². The SMILES string of the molecule is CCCCN(Cc1ccc(C(=O)NO)cc1)C(=O)Cc1ncccn1. The smallest absolute Gasteiger partial charge is 0.274 e. The summed E-state index contributed by atoms with van der Waals surface area (Å²) in [6.07, 6.45) is 5.30. The Morgan fingerprint density at radius 2 is 1.84 bits per heavy atom. The van der Waals surface area contributed by atoms with E-state index in [4.69, 9.17) is 5.21 Å². The summed E-state index contributed by atoms with van der Waals surface area (Å²) in [6.45, 7) is 3.18. The molecule has 1 aromatic heterocycles. The summed E-state index contributed by atoms with van der Waals surface area (Å²) in [5.74, 6) is -0.0903. The van der Waals surface area contributed by atoms with Crippen LogP contribution in [0.4, 0.5) is 0 Å². The number of rotatable bonds is 8. The summed E-state index contributed by atoms with van der Waals surface area (Å²) in [5, 5.41) is 8.65. The molecule has 7 nitrogen and oxygen atoms in total. The lowest BCUT2D eigenvalue weighted by atomic mass is 10.1. The van der Waals surface area contributed by atoms with Gasteiger partial charge in [0.2, 0.25) is 5.91 Å². The van der Waals surface area contributed by atoms with Crippen molar-refractivity contribution in [2.24, 2.45) is 0 Å². The van der Waals surface area contributed by atoms with Crippen molar-refractivity contribution in [3.05, 3.63) is 59.7 Å². The van der Waals surface area contributed by atoms with Gasteiger partial charge >= 0.3 is 0 Å². The van der Waals surface area contributed by atoms with Crippen LogP contribution in [0.5, 0.6) is 0 Å². The highest BCUT2D eigenvalue weighted by Crippen LogP contribution is 2.10. The summed E-state index contributed by atoms with van der Waals surface area (Å²) in [5.41, 5.74) is 2.86. The Hall–Kier alpha value is -2.80. The molecule has 2 rings (SSSR count). The van der Waals surface area contributed by atoms with Crippen LogP contribution in [0, 0.1) is 0 Å². The fraction of sp³-hybridized carbons (Fsp3) is 0.333. The monoisotopic (exact) mass is 342 g/mol. The minimum Gasteiger partial charge on any atom is -0.338 e. The number of aromatic nitrogens is 2. The zero-order valence-corrected chi connectivity index (χ0v) is 14.2. The van der Waals surface area contributed by atoms with Crippen LogP contribution in [0.25, 0.3) is 0 Å². The first-order valence-electron chi connectivity index (χ1n) is 8.21. The molecule has 0 fully saturated rings. The molecule has 0 aliphatic heterocycles. The molecule has 0 bridgehead atoms. The molecule has 2 amide bonds. The predicted molar refractivity (Wildman–Crippen MR) is 91.8 cm³/mol. The van der Waals surface area contributed by atoms with Gasteiger partial charge in [-0.3, -0.25) is 14.8 Å². The van der Waals surface area contributed by atoms with E-state index in [2.05, 4.69) is 16.9 Å². The third-order valence-electron chi connectivity index (χ3n) is 3.75. The highest BCUT2D eigenvalue weighted by Gasteiger charge is 2.15. The summed E-state index contributed by atoms with van der Waals surface area (Å²) in [6, 6.07) is 8.49. The fourth-order valence-corrected chi connectivity index (χ4v) is 2.36. The van der Waals surface area contributed by atoms with Gasteiger partial charge in [0, 0.05) is 31.0 Å². The molecular weight excluding hydrogens is 320 g/mol. The zero-order valence-electron chi connectivity index (χ0n) is 14.2. The topological polar surface area (TPSA) is 95.4 Å². The highest BCUT2D eigenvalue weighted by atomic mass is 16.5. The molecule has 1 heterocycles. The summed E-state index contributed by atoms with van der Waals surface area (Å²) in [4.78, 5) is 33.9. The molecule has 7 heteroatoms. The van der Waals surface area contributed by atoms with E-state index in [1.54, 1.807) is 53.1 Å². The molecule has 132 valence electrons. The van der Waals surface area contributed by atoms with Crippen molar-refractivity contribution in [1.29, 1.82) is 0 Å². The van der Waals surface area contributed by atoms with Gasteiger partial charge in [0.25, 0.3) is 5.91 Å². The van der Waals surface area contributed by atoms with E-state index >= 15 is 0 Å². The van der Waals surface area contributed by atoms with Gasteiger partial charge in [-0.2, -0.15) is 0 Å². The lowest BCUT2D eigenvalue weighted by Crippen LogP contribution is -2.33. The average Bonchev–Trinajstić information content (AvgIpc) is 2.65. The Labute approximate surface area is 146 Å². The molecule has 0 atom stereocenters. The van der Waals surface area contributed by atoms with Crippen LogP contribution in [0.2, 0.25) is 0 Å². The number of amides is 2. The second-order valence-corrected chi connectivity index (χ2v) is 5.65. The van der Waals surface area contributed by atoms with Crippen LogP contribution in [-0.4, -0.2) is 38.4 Å². The minimum atomic E-state index is -0.563. The molecule has 25 heavy (non-hydrogen) atoms. The quantitative estimate of drug-likeness (QED) is 0.565. The largest absolute Gasteiger partial charge is 0.338 e. The number of hydroxylamine groups is 1. The molecule has 0 saturated heterocycles. The molecule has 0 radical (unpaired) electrons. The molecule has 0 saturated carbocycles.